The summed E-state index contributed by atoms with van der Waals surface area (Å²) in [5.74, 6) is -4.34. The molecular formula is C30H38F3N3O4. The molecule has 1 unspecified atom stereocenters. The molecule has 10 heteroatoms. The highest BCUT2D eigenvalue weighted by Gasteiger charge is 2.46. The molecular weight excluding hydrogens is 523 g/mol. The molecule has 2 saturated heterocycles. The van der Waals surface area contributed by atoms with E-state index in [1.807, 2.05) is 6.07 Å². The van der Waals surface area contributed by atoms with Crippen LogP contribution in [0.2, 0.25) is 0 Å². The Labute approximate surface area is 233 Å². The van der Waals surface area contributed by atoms with Crippen molar-refractivity contribution < 1.29 is 32.5 Å². The predicted molar refractivity (Wildman–Crippen MR) is 144 cm³/mol. The van der Waals surface area contributed by atoms with Gasteiger partial charge in [-0.15, -0.1) is 0 Å². The first-order valence-corrected chi connectivity index (χ1v) is 14.4. The Morgan fingerprint density at radius 1 is 1.25 bits per heavy atom. The van der Waals surface area contributed by atoms with Gasteiger partial charge in [0.25, 0.3) is 5.92 Å². The molecule has 3 aliphatic rings. The number of aliphatic carboxylic acids is 1. The molecule has 40 heavy (non-hydrogen) atoms. The molecule has 2 fully saturated rings. The third-order valence-corrected chi connectivity index (χ3v) is 8.33. The van der Waals surface area contributed by atoms with Crippen molar-refractivity contribution in [3.63, 3.8) is 0 Å². The van der Waals surface area contributed by atoms with Crippen molar-refractivity contribution in [3.05, 3.63) is 53.0 Å². The van der Waals surface area contributed by atoms with Crippen LogP contribution in [0.3, 0.4) is 0 Å². The fourth-order valence-corrected chi connectivity index (χ4v) is 6.02. The van der Waals surface area contributed by atoms with Crippen LogP contribution in [0.4, 0.5) is 19.0 Å². The van der Waals surface area contributed by atoms with Crippen molar-refractivity contribution in [2.24, 2.45) is 11.8 Å². The van der Waals surface area contributed by atoms with Gasteiger partial charge in [-0.2, -0.15) is 0 Å². The van der Waals surface area contributed by atoms with E-state index < -0.39 is 29.7 Å². The number of aromatic nitrogens is 1. The van der Waals surface area contributed by atoms with E-state index in [1.165, 1.54) is 22.6 Å². The molecule has 218 valence electrons. The number of carboxylic acids is 1. The summed E-state index contributed by atoms with van der Waals surface area (Å²) >= 11 is 0. The van der Waals surface area contributed by atoms with E-state index in [2.05, 4.69) is 16.4 Å². The Hall–Kier alpha value is -2.85. The SMILES string of the molecule is O=C(O)C(c1cc(F)ccc1OC[C@H]1CCOC1)N1CC[C@@H](C(F)(F)CCCCc2ccc3c(n2)NCCC3)C1. The topological polar surface area (TPSA) is 83.9 Å². The van der Waals surface area contributed by atoms with Crippen LogP contribution in [0.15, 0.2) is 30.3 Å². The Morgan fingerprint density at radius 2 is 2.12 bits per heavy atom. The predicted octanol–water partition coefficient (Wildman–Crippen LogP) is 5.49. The second-order valence-electron chi connectivity index (χ2n) is 11.3. The number of aryl methyl sites for hydroxylation is 2. The number of halogens is 3. The van der Waals surface area contributed by atoms with E-state index in [1.54, 1.807) is 0 Å². The van der Waals surface area contributed by atoms with Crippen LogP contribution in [0.5, 0.6) is 5.75 Å². The number of carbonyl (C=O) groups is 1. The molecule has 1 aromatic heterocycles. The molecule has 3 atom stereocenters. The Kier molecular flexibility index (Phi) is 9.15. The maximum atomic E-state index is 15.3. The summed E-state index contributed by atoms with van der Waals surface area (Å²) in [6, 6.07) is 6.58. The highest BCUT2D eigenvalue weighted by molar-refractivity contribution is 5.77. The number of carboxylic acid groups (broad SMARTS) is 1. The minimum atomic E-state index is -2.92. The van der Waals surface area contributed by atoms with Gasteiger partial charge in [0.15, 0.2) is 0 Å². The minimum Gasteiger partial charge on any atom is -0.493 e. The standard InChI is InChI=1S/C30H38F3N3O4/c31-23-7-9-26(40-19-20-11-15-39-18-20)25(16-23)27(29(37)38)36-14-10-22(17-36)30(32,33)12-2-1-5-24-8-6-21-4-3-13-34-28(21)35-24/h6-9,16,20,22,27H,1-5,10-15,17-19H2,(H,34,35)(H,37,38)/t20-,22+,27?/m0/s1. The number of benzene rings is 1. The highest BCUT2D eigenvalue weighted by atomic mass is 19.3. The van der Waals surface area contributed by atoms with Crippen molar-refractivity contribution in [3.8, 4) is 5.75 Å². The van der Waals surface area contributed by atoms with Gasteiger partial charge in [-0.1, -0.05) is 6.07 Å². The number of hydrogen-bond donors (Lipinski definition) is 2. The van der Waals surface area contributed by atoms with Crippen LogP contribution in [-0.2, 0) is 22.4 Å². The molecule has 0 spiro atoms. The van der Waals surface area contributed by atoms with Gasteiger partial charge >= 0.3 is 5.97 Å². The fraction of sp³-hybridized carbons (Fsp3) is 0.600. The summed E-state index contributed by atoms with van der Waals surface area (Å²) in [7, 11) is 0. The van der Waals surface area contributed by atoms with E-state index in [4.69, 9.17) is 9.47 Å². The van der Waals surface area contributed by atoms with Gasteiger partial charge in [-0.25, -0.2) is 18.2 Å². The van der Waals surface area contributed by atoms with E-state index in [0.29, 0.717) is 39.1 Å². The second-order valence-corrected chi connectivity index (χ2v) is 11.3. The number of fused-ring (bicyclic) bond motifs is 1. The van der Waals surface area contributed by atoms with Gasteiger partial charge < -0.3 is 19.9 Å². The lowest BCUT2D eigenvalue weighted by atomic mass is 9.95. The van der Waals surface area contributed by atoms with Crippen molar-refractivity contribution >= 4 is 11.8 Å². The maximum Gasteiger partial charge on any atom is 0.325 e. The van der Waals surface area contributed by atoms with E-state index in [-0.39, 0.29) is 43.2 Å². The number of likely N-dealkylation sites (tertiary alicyclic amines) is 1. The maximum absolute atomic E-state index is 15.3. The van der Waals surface area contributed by atoms with Crippen LogP contribution >= 0.6 is 0 Å². The van der Waals surface area contributed by atoms with E-state index in [9.17, 15) is 14.3 Å². The number of hydrogen-bond acceptors (Lipinski definition) is 6. The van der Waals surface area contributed by atoms with Crippen LogP contribution in [0, 0.1) is 17.7 Å². The molecule has 0 radical (unpaired) electrons. The molecule has 0 bridgehead atoms. The number of anilines is 1. The molecule has 3 aliphatic heterocycles. The zero-order valence-corrected chi connectivity index (χ0v) is 22.7. The summed E-state index contributed by atoms with van der Waals surface area (Å²) in [5, 5.41) is 13.4. The molecule has 0 amide bonds. The van der Waals surface area contributed by atoms with Gasteiger partial charge in [0.1, 0.15) is 23.4 Å². The van der Waals surface area contributed by atoms with Gasteiger partial charge in [0.2, 0.25) is 0 Å². The largest absolute Gasteiger partial charge is 0.493 e. The third kappa shape index (κ3) is 6.89. The molecule has 2 N–H and O–H groups in total. The average Bonchev–Trinajstić information content (AvgIpc) is 3.64. The quantitative estimate of drug-likeness (QED) is 0.332. The summed E-state index contributed by atoms with van der Waals surface area (Å²) in [6.45, 7) is 2.55. The first kappa shape index (κ1) is 28.7. The van der Waals surface area contributed by atoms with Gasteiger partial charge in [0, 0.05) is 49.2 Å². The number of nitrogens with one attached hydrogen (secondary N) is 1. The van der Waals surface area contributed by atoms with Gasteiger partial charge in [0.05, 0.1) is 13.2 Å². The van der Waals surface area contributed by atoms with Crippen LogP contribution in [0.1, 0.15) is 61.4 Å². The average molecular weight is 562 g/mol. The Bertz CT molecular complexity index is 1170. The van der Waals surface area contributed by atoms with Crippen LogP contribution < -0.4 is 10.1 Å². The number of unbranched alkanes of at least 4 members (excludes halogenated alkanes) is 1. The first-order valence-electron chi connectivity index (χ1n) is 14.4. The zero-order chi connectivity index (χ0) is 28.1. The monoisotopic (exact) mass is 561 g/mol. The van der Waals surface area contributed by atoms with Crippen molar-refractivity contribution in [1.29, 1.82) is 0 Å². The lowest BCUT2D eigenvalue weighted by Crippen LogP contribution is -2.36. The number of ether oxygens (including phenoxy) is 2. The summed E-state index contributed by atoms with van der Waals surface area (Å²) in [4.78, 5) is 18.5. The third-order valence-electron chi connectivity index (χ3n) is 8.33. The lowest BCUT2D eigenvalue weighted by molar-refractivity contribution is -0.143. The van der Waals surface area contributed by atoms with E-state index >= 15 is 8.78 Å². The lowest BCUT2D eigenvalue weighted by Gasteiger charge is -2.28. The number of nitrogens with zero attached hydrogens (tertiary/aromatic N) is 2. The van der Waals surface area contributed by atoms with Crippen molar-refractivity contribution in [2.75, 3.05) is 44.8 Å². The van der Waals surface area contributed by atoms with Crippen molar-refractivity contribution in [2.45, 2.75) is 63.3 Å². The molecule has 4 heterocycles. The van der Waals surface area contributed by atoms with Crippen LogP contribution in [0.25, 0.3) is 0 Å². The van der Waals surface area contributed by atoms with Crippen LogP contribution in [-0.4, -0.2) is 66.3 Å². The van der Waals surface area contributed by atoms with Gasteiger partial charge in [-0.3, -0.25) is 9.69 Å². The summed E-state index contributed by atoms with van der Waals surface area (Å²) in [5.41, 5.74) is 2.26. The summed E-state index contributed by atoms with van der Waals surface area (Å²) < 4.78 is 56.0. The Balaban J connectivity index is 1.17. The van der Waals surface area contributed by atoms with Gasteiger partial charge in [-0.05, 0) is 81.3 Å². The molecule has 0 aliphatic carbocycles. The number of alkyl halides is 2. The number of pyridine rings is 1. The highest BCUT2D eigenvalue weighted by Crippen LogP contribution is 2.41. The number of rotatable bonds is 12. The molecule has 0 saturated carbocycles. The zero-order valence-electron chi connectivity index (χ0n) is 22.7. The first-order chi connectivity index (χ1) is 19.3. The molecule has 5 rings (SSSR count). The molecule has 2 aromatic rings. The van der Waals surface area contributed by atoms with E-state index in [0.717, 1.165) is 43.4 Å². The minimum absolute atomic E-state index is 0.0750. The smallest absolute Gasteiger partial charge is 0.325 e. The Morgan fingerprint density at radius 3 is 2.92 bits per heavy atom. The fourth-order valence-electron chi connectivity index (χ4n) is 6.02. The molecule has 1 aromatic carbocycles. The summed E-state index contributed by atoms with van der Waals surface area (Å²) in [6.07, 6.45) is 4.44. The normalized spacial score (nSPS) is 22.1. The second kappa shape index (κ2) is 12.8. The molecule has 7 nitrogen and oxygen atoms in total. The van der Waals surface area contributed by atoms with Crippen molar-refractivity contribution in [1.82, 2.24) is 9.88 Å².